The van der Waals surface area contributed by atoms with Crippen LogP contribution >= 0.6 is 34.2 Å². The normalized spacial score (nSPS) is 20.2. The minimum atomic E-state index is 0.0634. The van der Waals surface area contributed by atoms with Crippen LogP contribution in [0.3, 0.4) is 0 Å². The first-order valence-electron chi connectivity index (χ1n) is 5.35. The molecule has 1 atom stereocenters. The quantitative estimate of drug-likeness (QED) is 0.710. The number of hydrogen-bond donors (Lipinski definition) is 0. The average Bonchev–Trinajstić information content (AvgIpc) is 2.67. The first kappa shape index (κ1) is 12.2. The summed E-state index contributed by atoms with van der Waals surface area (Å²) < 4.78 is 1.04. The molecule has 0 unspecified atom stereocenters. The minimum Gasteiger partial charge on any atom is -0.336 e. The molecule has 4 heteroatoms. The molecular weight excluding hydrogens is 336 g/mol. The van der Waals surface area contributed by atoms with Crippen LogP contribution < -0.4 is 0 Å². The van der Waals surface area contributed by atoms with E-state index in [2.05, 4.69) is 29.5 Å². The Labute approximate surface area is 114 Å². The number of carbonyl (C=O) groups is 1. The maximum Gasteiger partial charge on any atom is 0.255 e. The van der Waals surface area contributed by atoms with Gasteiger partial charge < -0.3 is 4.90 Å². The lowest BCUT2D eigenvalue weighted by Gasteiger charge is -2.22. The van der Waals surface area contributed by atoms with E-state index in [0.29, 0.717) is 16.6 Å². The number of carbonyl (C=O) groups excluding carboxylic acids is 1. The van der Waals surface area contributed by atoms with Gasteiger partial charge in [0.25, 0.3) is 5.91 Å². The lowest BCUT2D eigenvalue weighted by molar-refractivity contribution is 0.0747. The zero-order chi connectivity index (χ0) is 11.7. The van der Waals surface area contributed by atoms with E-state index < -0.39 is 0 Å². The standard InChI is InChI=1S/C12H13ClINO/c1-8-3-2-6-15(8)12(16)10-7-9(14)4-5-11(10)13/h4-5,7-8H,2-3,6H2,1H3/t8-/m1/s1. The fourth-order valence-electron chi connectivity index (χ4n) is 2.05. The third-order valence-corrected chi connectivity index (χ3v) is 3.97. The molecular formula is C12H13ClINO. The van der Waals surface area contributed by atoms with Gasteiger partial charge in [-0.3, -0.25) is 4.79 Å². The van der Waals surface area contributed by atoms with Crippen LogP contribution in [-0.4, -0.2) is 23.4 Å². The highest BCUT2D eigenvalue weighted by molar-refractivity contribution is 14.1. The molecule has 16 heavy (non-hydrogen) atoms. The van der Waals surface area contributed by atoms with Crippen molar-refractivity contribution in [3.05, 3.63) is 32.4 Å². The van der Waals surface area contributed by atoms with E-state index in [1.807, 2.05) is 17.0 Å². The monoisotopic (exact) mass is 349 g/mol. The smallest absolute Gasteiger partial charge is 0.255 e. The molecule has 1 aliphatic rings. The summed E-state index contributed by atoms with van der Waals surface area (Å²) in [4.78, 5) is 14.2. The van der Waals surface area contributed by atoms with Crippen LogP contribution in [0, 0.1) is 3.57 Å². The third-order valence-electron chi connectivity index (χ3n) is 2.97. The summed E-state index contributed by atoms with van der Waals surface area (Å²) in [5, 5.41) is 0.546. The minimum absolute atomic E-state index is 0.0634. The second-order valence-electron chi connectivity index (χ2n) is 4.11. The Morgan fingerprint density at radius 1 is 1.56 bits per heavy atom. The lowest BCUT2D eigenvalue weighted by Crippen LogP contribution is -2.33. The SMILES string of the molecule is C[C@@H]1CCCN1C(=O)c1cc(I)ccc1Cl. The average molecular weight is 350 g/mol. The molecule has 1 saturated heterocycles. The van der Waals surface area contributed by atoms with E-state index in [9.17, 15) is 4.79 Å². The maximum atomic E-state index is 12.3. The van der Waals surface area contributed by atoms with Crippen LogP contribution in [-0.2, 0) is 0 Å². The molecule has 0 aliphatic carbocycles. The van der Waals surface area contributed by atoms with Gasteiger partial charge in [-0.15, -0.1) is 0 Å². The van der Waals surface area contributed by atoms with Crippen molar-refractivity contribution in [1.29, 1.82) is 0 Å². The van der Waals surface area contributed by atoms with Crippen LogP contribution in [0.2, 0.25) is 5.02 Å². The Hall–Kier alpha value is -0.290. The molecule has 86 valence electrons. The van der Waals surface area contributed by atoms with Crippen LogP contribution in [0.15, 0.2) is 18.2 Å². The summed E-state index contributed by atoms with van der Waals surface area (Å²) in [5.41, 5.74) is 0.627. The van der Waals surface area contributed by atoms with Gasteiger partial charge >= 0.3 is 0 Å². The molecule has 0 aromatic heterocycles. The van der Waals surface area contributed by atoms with Crippen LogP contribution in [0.25, 0.3) is 0 Å². The van der Waals surface area contributed by atoms with Crippen molar-refractivity contribution in [2.75, 3.05) is 6.54 Å². The molecule has 1 aromatic rings. The number of amides is 1. The van der Waals surface area contributed by atoms with Crippen molar-refractivity contribution in [3.63, 3.8) is 0 Å². The summed E-state index contributed by atoms with van der Waals surface area (Å²) in [7, 11) is 0. The third kappa shape index (κ3) is 2.35. The van der Waals surface area contributed by atoms with Gasteiger partial charge in [-0.1, -0.05) is 11.6 Å². The summed E-state index contributed by atoms with van der Waals surface area (Å²) in [5.74, 6) is 0.0634. The van der Waals surface area contributed by atoms with Crippen molar-refractivity contribution in [1.82, 2.24) is 4.90 Å². The molecule has 0 bridgehead atoms. The largest absolute Gasteiger partial charge is 0.336 e. The number of halogens is 2. The van der Waals surface area contributed by atoms with Gasteiger partial charge in [0.1, 0.15) is 0 Å². The topological polar surface area (TPSA) is 20.3 Å². The van der Waals surface area contributed by atoms with Crippen molar-refractivity contribution in [3.8, 4) is 0 Å². The molecule has 0 N–H and O–H groups in total. The molecule has 0 radical (unpaired) electrons. The number of hydrogen-bond acceptors (Lipinski definition) is 1. The first-order valence-corrected chi connectivity index (χ1v) is 6.81. The maximum absolute atomic E-state index is 12.3. The van der Waals surface area contributed by atoms with Gasteiger partial charge in [0.15, 0.2) is 0 Å². The molecule has 1 heterocycles. The second kappa shape index (κ2) is 4.92. The molecule has 1 fully saturated rings. The number of nitrogens with zero attached hydrogens (tertiary/aromatic N) is 1. The summed E-state index contributed by atoms with van der Waals surface area (Å²) in [6.45, 7) is 2.94. The van der Waals surface area contributed by atoms with E-state index in [1.165, 1.54) is 0 Å². The highest BCUT2D eigenvalue weighted by atomic mass is 127. The van der Waals surface area contributed by atoms with Crippen molar-refractivity contribution in [2.45, 2.75) is 25.8 Å². The molecule has 2 rings (SSSR count). The highest BCUT2D eigenvalue weighted by Gasteiger charge is 2.27. The van der Waals surface area contributed by atoms with E-state index in [1.54, 1.807) is 6.07 Å². The number of benzene rings is 1. The van der Waals surface area contributed by atoms with Gasteiger partial charge in [-0.2, -0.15) is 0 Å². The summed E-state index contributed by atoms with van der Waals surface area (Å²) >= 11 is 8.26. The van der Waals surface area contributed by atoms with E-state index >= 15 is 0 Å². The molecule has 0 spiro atoms. The Balaban J connectivity index is 2.29. The van der Waals surface area contributed by atoms with Crippen LogP contribution in [0.5, 0.6) is 0 Å². The van der Waals surface area contributed by atoms with Gasteiger partial charge in [0.2, 0.25) is 0 Å². The van der Waals surface area contributed by atoms with Crippen LogP contribution in [0.4, 0.5) is 0 Å². The molecule has 1 aromatic carbocycles. The summed E-state index contributed by atoms with van der Waals surface area (Å²) in [6.07, 6.45) is 2.18. The number of likely N-dealkylation sites (tertiary alicyclic amines) is 1. The van der Waals surface area contributed by atoms with Crippen molar-refractivity contribution < 1.29 is 4.79 Å². The molecule has 1 amide bonds. The van der Waals surface area contributed by atoms with Crippen molar-refractivity contribution in [2.24, 2.45) is 0 Å². The second-order valence-corrected chi connectivity index (χ2v) is 5.77. The Morgan fingerprint density at radius 2 is 2.31 bits per heavy atom. The zero-order valence-electron chi connectivity index (χ0n) is 9.04. The number of rotatable bonds is 1. The van der Waals surface area contributed by atoms with Gasteiger partial charge in [0.05, 0.1) is 10.6 Å². The van der Waals surface area contributed by atoms with Gasteiger partial charge in [0, 0.05) is 16.2 Å². The first-order chi connectivity index (χ1) is 7.59. The van der Waals surface area contributed by atoms with Crippen molar-refractivity contribution >= 4 is 40.1 Å². The Kier molecular flexibility index (Phi) is 3.74. The van der Waals surface area contributed by atoms with E-state index in [0.717, 1.165) is 23.0 Å². The lowest BCUT2D eigenvalue weighted by atomic mass is 10.2. The Bertz CT molecular complexity index is 421. The molecule has 2 nitrogen and oxygen atoms in total. The van der Waals surface area contributed by atoms with Crippen LogP contribution in [0.1, 0.15) is 30.1 Å². The summed E-state index contributed by atoms with van der Waals surface area (Å²) in [6, 6.07) is 5.89. The molecule has 0 saturated carbocycles. The Morgan fingerprint density at radius 3 is 2.94 bits per heavy atom. The van der Waals surface area contributed by atoms with E-state index in [-0.39, 0.29) is 5.91 Å². The fourth-order valence-corrected chi connectivity index (χ4v) is 2.74. The molecule has 1 aliphatic heterocycles. The van der Waals surface area contributed by atoms with Gasteiger partial charge in [-0.25, -0.2) is 0 Å². The predicted molar refractivity (Wildman–Crippen MR) is 73.9 cm³/mol. The predicted octanol–water partition coefficient (Wildman–Crippen LogP) is 3.57. The van der Waals surface area contributed by atoms with Gasteiger partial charge in [-0.05, 0) is 60.6 Å². The highest BCUT2D eigenvalue weighted by Crippen LogP contribution is 2.24. The fraction of sp³-hybridized carbons (Fsp3) is 0.417. The zero-order valence-corrected chi connectivity index (χ0v) is 12.0. The van der Waals surface area contributed by atoms with E-state index in [4.69, 9.17) is 11.6 Å².